The molecule has 0 saturated carbocycles. The van der Waals surface area contributed by atoms with Crippen LogP contribution in [-0.4, -0.2) is 10.3 Å². The molecule has 1 heterocycles. The molecule has 1 nitrogen and oxygen atoms in total. The van der Waals surface area contributed by atoms with Gasteiger partial charge in [-0.25, -0.2) is 0 Å². The van der Waals surface area contributed by atoms with Crippen molar-refractivity contribution in [2.45, 2.75) is 46.0 Å². The number of aryl methyl sites for hydroxylation is 2. The molecule has 0 radical (unpaired) electrons. The highest BCUT2D eigenvalue weighted by Crippen LogP contribution is 2.27. The molecule has 0 atom stereocenters. The first-order valence-corrected chi connectivity index (χ1v) is 6.98. The molecular weight excluding hydrogens is 250 g/mol. The summed E-state index contributed by atoms with van der Waals surface area (Å²) in [5, 5.41) is 1.06. The van der Waals surface area contributed by atoms with Crippen LogP contribution < -0.4 is 0 Å². The van der Waals surface area contributed by atoms with E-state index >= 15 is 0 Å². The monoisotopic (exact) mass is 269 g/mol. The fraction of sp³-hybridized carbons (Fsp3) is 0.692. The molecule has 0 aromatic carbocycles. The van der Waals surface area contributed by atoms with Gasteiger partial charge in [0.25, 0.3) is 0 Å². The summed E-state index contributed by atoms with van der Waals surface area (Å²) in [6.07, 6.45) is 6.40. The predicted octanol–water partition coefficient (Wildman–Crippen LogP) is 3.86. The van der Waals surface area contributed by atoms with Crippen molar-refractivity contribution in [3.8, 4) is 0 Å². The third-order valence-corrected chi connectivity index (χ3v) is 4.72. The number of H-pyrrole nitrogens is 1. The van der Waals surface area contributed by atoms with E-state index in [1.807, 2.05) is 0 Å². The van der Waals surface area contributed by atoms with Crippen molar-refractivity contribution < 1.29 is 0 Å². The Bertz CT molecular complexity index is 315. The Morgan fingerprint density at radius 1 is 1.33 bits per heavy atom. The maximum absolute atomic E-state index is 3.60. The molecule has 0 aliphatic heterocycles. The van der Waals surface area contributed by atoms with Crippen LogP contribution in [0.25, 0.3) is 0 Å². The second-order valence-corrected chi connectivity index (χ2v) is 6.04. The van der Waals surface area contributed by atoms with Gasteiger partial charge in [0.15, 0.2) is 0 Å². The van der Waals surface area contributed by atoms with E-state index in [-0.39, 0.29) is 0 Å². The van der Waals surface area contributed by atoms with Gasteiger partial charge in [-0.2, -0.15) is 0 Å². The van der Waals surface area contributed by atoms with Gasteiger partial charge in [0, 0.05) is 16.7 Å². The first-order valence-electron chi connectivity index (χ1n) is 5.86. The van der Waals surface area contributed by atoms with Crippen molar-refractivity contribution in [3.05, 3.63) is 23.0 Å². The molecule has 0 fully saturated rings. The molecule has 1 aromatic heterocycles. The highest BCUT2D eigenvalue weighted by molar-refractivity contribution is 9.09. The summed E-state index contributed by atoms with van der Waals surface area (Å²) < 4.78 is 0. The second-order valence-electron chi connectivity index (χ2n) is 5.48. The fourth-order valence-electron chi connectivity index (χ4n) is 2.33. The molecule has 15 heavy (non-hydrogen) atoms. The Labute approximate surface area is 101 Å². The van der Waals surface area contributed by atoms with E-state index in [0.29, 0.717) is 5.41 Å². The minimum atomic E-state index is 0.355. The van der Waals surface area contributed by atoms with E-state index in [1.54, 1.807) is 5.56 Å². The van der Waals surface area contributed by atoms with Crippen LogP contribution >= 0.6 is 15.9 Å². The van der Waals surface area contributed by atoms with Crippen molar-refractivity contribution >= 4 is 15.9 Å². The molecule has 84 valence electrons. The van der Waals surface area contributed by atoms with Crippen molar-refractivity contribution in [3.63, 3.8) is 0 Å². The first kappa shape index (κ1) is 11.3. The number of fused-ring (bicyclic) bond motifs is 1. The largest absolute Gasteiger partial charge is 0.362 e. The van der Waals surface area contributed by atoms with Gasteiger partial charge in [0.2, 0.25) is 0 Å². The molecular formula is C13H20BrN. The number of aromatic nitrogens is 1. The number of aromatic amines is 1. The number of hydrogen-bond donors (Lipinski definition) is 1. The van der Waals surface area contributed by atoms with Gasteiger partial charge < -0.3 is 4.98 Å². The SMILES string of the molecule is CC(C)(CBr)Cc1cc2c([nH]1)CCCC2. The maximum Gasteiger partial charge on any atom is 0.0181 e. The highest BCUT2D eigenvalue weighted by atomic mass is 79.9. The minimum absolute atomic E-state index is 0.355. The standard InChI is InChI=1S/C13H20BrN/c1-13(2,9-14)8-11-7-10-5-3-4-6-12(10)15-11/h7,15H,3-6,8-9H2,1-2H3. The average Bonchev–Trinajstić information content (AvgIpc) is 2.58. The molecule has 0 saturated heterocycles. The van der Waals surface area contributed by atoms with Crippen molar-refractivity contribution in [1.82, 2.24) is 4.98 Å². The molecule has 0 bridgehead atoms. The molecule has 2 heteroatoms. The summed E-state index contributed by atoms with van der Waals surface area (Å²) in [5.41, 5.74) is 4.85. The predicted molar refractivity (Wildman–Crippen MR) is 68.7 cm³/mol. The van der Waals surface area contributed by atoms with Crippen molar-refractivity contribution in [2.24, 2.45) is 5.41 Å². The van der Waals surface area contributed by atoms with E-state index in [4.69, 9.17) is 0 Å². The van der Waals surface area contributed by atoms with E-state index in [9.17, 15) is 0 Å². The van der Waals surface area contributed by atoms with Gasteiger partial charge in [0.05, 0.1) is 0 Å². The first-order chi connectivity index (χ1) is 7.11. The summed E-state index contributed by atoms with van der Waals surface area (Å²) in [5.74, 6) is 0. The van der Waals surface area contributed by atoms with Gasteiger partial charge in [0.1, 0.15) is 0 Å². The van der Waals surface area contributed by atoms with Gasteiger partial charge >= 0.3 is 0 Å². The van der Waals surface area contributed by atoms with Crippen LogP contribution in [-0.2, 0) is 19.3 Å². The zero-order valence-electron chi connectivity index (χ0n) is 9.70. The number of nitrogens with one attached hydrogen (secondary N) is 1. The summed E-state index contributed by atoms with van der Waals surface area (Å²) >= 11 is 3.59. The molecule has 1 aliphatic carbocycles. The quantitative estimate of drug-likeness (QED) is 0.803. The smallest absolute Gasteiger partial charge is 0.0181 e. The Morgan fingerprint density at radius 2 is 2.07 bits per heavy atom. The maximum atomic E-state index is 3.60. The van der Waals surface area contributed by atoms with Crippen LogP contribution in [0.15, 0.2) is 6.07 Å². The van der Waals surface area contributed by atoms with Crippen molar-refractivity contribution in [2.75, 3.05) is 5.33 Å². The van der Waals surface area contributed by atoms with Crippen LogP contribution in [0.4, 0.5) is 0 Å². The molecule has 1 aromatic rings. The minimum Gasteiger partial charge on any atom is -0.362 e. The van der Waals surface area contributed by atoms with Crippen LogP contribution in [0.3, 0.4) is 0 Å². The Morgan fingerprint density at radius 3 is 2.73 bits per heavy atom. The van der Waals surface area contributed by atoms with E-state index in [2.05, 4.69) is 40.8 Å². The molecule has 0 spiro atoms. The van der Waals surface area contributed by atoms with E-state index < -0.39 is 0 Å². The van der Waals surface area contributed by atoms with Gasteiger partial charge in [-0.15, -0.1) is 0 Å². The summed E-state index contributed by atoms with van der Waals surface area (Å²) in [6.45, 7) is 4.61. The second kappa shape index (κ2) is 4.32. The lowest BCUT2D eigenvalue weighted by atomic mass is 9.90. The normalized spacial score (nSPS) is 16.5. The molecule has 1 aliphatic rings. The average molecular weight is 270 g/mol. The van der Waals surface area contributed by atoms with Gasteiger partial charge in [-0.05, 0) is 49.1 Å². The Hall–Kier alpha value is -0.240. The highest BCUT2D eigenvalue weighted by Gasteiger charge is 2.20. The zero-order chi connectivity index (χ0) is 10.9. The number of halogens is 1. The molecule has 2 rings (SSSR count). The zero-order valence-corrected chi connectivity index (χ0v) is 11.3. The lowest BCUT2D eigenvalue weighted by molar-refractivity contribution is 0.420. The fourth-order valence-corrected chi connectivity index (χ4v) is 2.53. The van der Waals surface area contributed by atoms with Crippen molar-refractivity contribution in [1.29, 1.82) is 0 Å². The van der Waals surface area contributed by atoms with E-state index in [0.717, 1.165) is 11.8 Å². The third-order valence-electron chi connectivity index (χ3n) is 3.20. The topological polar surface area (TPSA) is 15.8 Å². The van der Waals surface area contributed by atoms with Crippen LogP contribution in [0.2, 0.25) is 0 Å². The lowest BCUT2D eigenvalue weighted by Gasteiger charge is -2.20. The Balaban J connectivity index is 2.13. The van der Waals surface area contributed by atoms with Crippen LogP contribution in [0.1, 0.15) is 43.6 Å². The van der Waals surface area contributed by atoms with Gasteiger partial charge in [-0.3, -0.25) is 0 Å². The summed E-state index contributed by atoms with van der Waals surface area (Å²) in [6, 6.07) is 2.39. The number of alkyl halides is 1. The number of rotatable bonds is 3. The molecule has 0 unspecified atom stereocenters. The van der Waals surface area contributed by atoms with Crippen LogP contribution in [0, 0.1) is 5.41 Å². The molecule has 1 N–H and O–H groups in total. The summed E-state index contributed by atoms with van der Waals surface area (Å²) in [7, 11) is 0. The van der Waals surface area contributed by atoms with Crippen LogP contribution in [0.5, 0.6) is 0 Å². The molecule has 0 amide bonds. The third kappa shape index (κ3) is 2.66. The Kier molecular flexibility index (Phi) is 3.24. The van der Waals surface area contributed by atoms with Gasteiger partial charge in [-0.1, -0.05) is 29.8 Å². The van der Waals surface area contributed by atoms with E-state index in [1.165, 1.54) is 37.1 Å². The lowest BCUT2D eigenvalue weighted by Crippen LogP contribution is -2.16. The summed E-state index contributed by atoms with van der Waals surface area (Å²) in [4.78, 5) is 3.60. The number of hydrogen-bond acceptors (Lipinski definition) is 0.